The molecule has 1 heterocycles. The lowest BCUT2D eigenvalue weighted by atomic mass is 10.2. The number of carbonyl (C=O) groups excluding carboxylic acids is 1. The van der Waals surface area contributed by atoms with Gasteiger partial charge in [0.05, 0.1) is 6.54 Å². The number of allylic oxidation sites excluding steroid dienone is 1. The maximum atomic E-state index is 12.7. The SMILES string of the molecule is CC1=CC(=O)N(Cc2ccc(F)cc2)S(=O)(=O)O1. The molecule has 0 radical (unpaired) electrons. The molecule has 5 nitrogen and oxygen atoms in total. The van der Waals surface area contributed by atoms with Crippen LogP contribution in [0.3, 0.4) is 0 Å². The zero-order valence-corrected chi connectivity index (χ0v) is 10.3. The molecule has 1 aromatic carbocycles. The van der Waals surface area contributed by atoms with Crippen molar-refractivity contribution in [2.45, 2.75) is 13.5 Å². The number of benzene rings is 1. The molecule has 1 aliphatic heterocycles. The minimum absolute atomic E-state index is 0.0235. The topological polar surface area (TPSA) is 63.7 Å². The fraction of sp³-hybridized carbons (Fsp3) is 0.182. The predicted molar refractivity (Wildman–Crippen MR) is 60.7 cm³/mol. The molecule has 0 unspecified atom stereocenters. The fourth-order valence-corrected chi connectivity index (χ4v) is 2.55. The summed E-state index contributed by atoms with van der Waals surface area (Å²) < 4.78 is 41.2. The van der Waals surface area contributed by atoms with Crippen LogP contribution in [-0.4, -0.2) is 18.6 Å². The van der Waals surface area contributed by atoms with Gasteiger partial charge in [-0.3, -0.25) is 4.79 Å². The zero-order chi connectivity index (χ0) is 13.3. The molecule has 1 amide bonds. The number of hydrogen-bond acceptors (Lipinski definition) is 4. The molecule has 0 saturated carbocycles. The molecule has 7 heteroatoms. The summed E-state index contributed by atoms with van der Waals surface area (Å²) in [7, 11) is -4.11. The molecule has 0 fully saturated rings. The van der Waals surface area contributed by atoms with Crippen molar-refractivity contribution in [2.24, 2.45) is 0 Å². The minimum Gasteiger partial charge on any atom is -0.371 e. The molecule has 0 saturated heterocycles. The van der Waals surface area contributed by atoms with Crippen molar-refractivity contribution in [3.05, 3.63) is 47.5 Å². The molecule has 2 rings (SSSR count). The molecule has 0 atom stereocenters. The second kappa shape index (κ2) is 4.41. The average molecular weight is 271 g/mol. The Bertz CT molecular complexity index is 606. The largest absolute Gasteiger partial charge is 0.412 e. The van der Waals surface area contributed by atoms with Crippen LogP contribution in [0.4, 0.5) is 4.39 Å². The van der Waals surface area contributed by atoms with Gasteiger partial charge in [-0.15, -0.1) is 0 Å². The quantitative estimate of drug-likeness (QED) is 0.814. The van der Waals surface area contributed by atoms with Gasteiger partial charge in [0, 0.05) is 6.08 Å². The molecule has 0 aliphatic carbocycles. The van der Waals surface area contributed by atoms with E-state index in [1.165, 1.54) is 31.2 Å². The standard InChI is InChI=1S/C11H10FNO4S/c1-8-6-11(14)13(18(15,16)17-8)7-9-2-4-10(12)5-3-9/h2-6H,7H2,1H3. The third-order valence-electron chi connectivity index (χ3n) is 2.32. The lowest BCUT2D eigenvalue weighted by Gasteiger charge is -2.24. The Morgan fingerprint density at radius 2 is 1.89 bits per heavy atom. The van der Waals surface area contributed by atoms with E-state index in [0.29, 0.717) is 9.87 Å². The van der Waals surface area contributed by atoms with Crippen molar-refractivity contribution in [2.75, 3.05) is 0 Å². The highest BCUT2D eigenvalue weighted by Crippen LogP contribution is 2.19. The smallest absolute Gasteiger partial charge is 0.371 e. The molecule has 1 aromatic rings. The van der Waals surface area contributed by atoms with Crippen molar-refractivity contribution in [1.29, 1.82) is 0 Å². The molecular formula is C11H10FNO4S. The maximum Gasteiger partial charge on any atom is 0.412 e. The van der Waals surface area contributed by atoms with E-state index in [4.69, 9.17) is 0 Å². The van der Waals surface area contributed by atoms with Gasteiger partial charge in [0.2, 0.25) is 0 Å². The van der Waals surface area contributed by atoms with Gasteiger partial charge in [0.1, 0.15) is 11.6 Å². The first kappa shape index (κ1) is 12.6. The molecule has 0 bridgehead atoms. The highest BCUT2D eigenvalue weighted by atomic mass is 32.2. The monoisotopic (exact) mass is 271 g/mol. The van der Waals surface area contributed by atoms with Crippen molar-refractivity contribution >= 4 is 16.2 Å². The van der Waals surface area contributed by atoms with Gasteiger partial charge in [-0.25, -0.2) is 4.39 Å². The summed E-state index contributed by atoms with van der Waals surface area (Å²) in [4.78, 5) is 11.6. The first-order chi connectivity index (χ1) is 8.38. The van der Waals surface area contributed by atoms with Crippen LogP contribution in [-0.2, 0) is 25.8 Å². The van der Waals surface area contributed by atoms with E-state index < -0.39 is 22.0 Å². The normalized spacial score (nSPS) is 18.2. The van der Waals surface area contributed by atoms with Crippen LogP contribution in [0, 0.1) is 5.82 Å². The molecule has 0 N–H and O–H groups in total. The summed E-state index contributed by atoms with van der Waals surface area (Å²) in [6.07, 6.45) is 1.09. The van der Waals surface area contributed by atoms with Crippen LogP contribution < -0.4 is 0 Å². The average Bonchev–Trinajstić information content (AvgIpc) is 2.25. The van der Waals surface area contributed by atoms with E-state index in [1.807, 2.05) is 0 Å². The lowest BCUT2D eigenvalue weighted by molar-refractivity contribution is -0.123. The van der Waals surface area contributed by atoms with Crippen LogP contribution in [0.15, 0.2) is 36.1 Å². The second-order valence-corrected chi connectivity index (χ2v) is 5.23. The van der Waals surface area contributed by atoms with E-state index in [2.05, 4.69) is 4.18 Å². The summed E-state index contributed by atoms with van der Waals surface area (Å²) in [5.74, 6) is -1.09. The third kappa shape index (κ3) is 2.51. The van der Waals surface area contributed by atoms with Crippen LogP contribution >= 0.6 is 0 Å². The molecule has 1 aliphatic rings. The minimum atomic E-state index is -4.11. The molecule has 96 valence electrons. The summed E-state index contributed by atoms with van der Waals surface area (Å²) >= 11 is 0. The maximum absolute atomic E-state index is 12.7. The number of hydrogen-bond donors (Lipinski definition) is 0. The molecule has 0 spiro atoms. The fourth-order valence-electron chi connectivity index (χ4n) is 1.50. The molecule has 18 heavy (non-hydrogen) atoms. The highest BCUT2D eigenvalue weighted by Gasteiger charge is 2.32. The molecular weight excluding hydrogens is 261 g/mol. The second-order valence-electron chi connectivity index (χ2n) is 3.77. The molecule has 0 aromatic heterocycles. The Kier molecular flexibility index (Phi) is 3.08. The third-order valence-corrected chi connectivity index (χ3v) is 3.64. The number of halogens is 1. The summed E-state index contributed by atoms with van der Waals surface area (Å²) in [6, 6.07) is 5.20. The first-order valence-electron chi connectivity index (χ1n) is 5.07. The number of carbonyl (C=O) groups is 1. The van der Waals surface area contributed by atoms with E-state index >= 15 is 0 Å². The lowest BCUT2D eigenvalue weighted by Crippen LogP contribution is -2.39. The summed E-state index contributed by atoms with van der Waals surface area (Å²) in [5, 5.41) is 0. The van der Waals surface area contributed by atoms with Gasteiger partial charge < -0.3 is 4.18 Å². The Hall–Kier alpha value is -1.89. The van der Waals surface area contributed by atoms with Gasteiger partial charge in [0.15, 0.2) is 0 Å². The zero-order valence-electron chi connectivity index (χ0n) is 9.46. The van der Waals surface area contributed by atoms with Crippen LogP contribution in [0.1, 0.15) is 12.5 Å². The van der Waals surface area contributed by atoms with E-state index in [9.17, 15) is 17.6 Å². The summed E-state index contributed by atoms with van der Waals surface area (Å²) in [6.45, 7) is 1.19. The summed E-state index contributed by atoms with van der Waals surface area (Å²) in [5.41, 5.74) is 0.491. The Labute approximate surface area is 104 Å². The van der Waals surface area contributed by atoms with Crippen molar-refractivity contribution in [3.63, 3.8) is 0 Å². The highest BCUT2D eigenvalue weighted by molar-refractivity contribution is 7.85. The Balaban J connectivity index is 2.28. The van der Waals surface area contributed by atoms with Crippen LogP contribution in [0.5, 0.6) is 0 Å². The van der Waals surface area contributed by atoms with Gasteiger partial charge in [-0.1, -0.05) is 12.1 Å². The van der Waals surface area contributed by atoms with E-state index in [0.717, 1.165) is 6.08 Å². The number of nitrogens with zero attached hydrogens (tertiary/aromatic N) is 1. The van der Waals surface area contributed by atoms with Crippen LogP contribution in [0.25, 0.3) is 0 Å². The van der Waals surface area contributed by atoms with Crippen molar-refractivity contribution < 1.29 is 21.8 Å². The predicted octanol–water partition coefficient (Wildman–Crippen LogP) is 1.33. The van der Waals surface area contributed by atoms with Crippen LogP contribution in [0.2, 0.25) is 0 Å². The van der Waals surface area contributed by atoms with Gasteiger partial charge in [-0.05, 0) is 24.6 Å². The Morgan fingerprint density at radius 1 is 1.28 bits per heavy atom. The van der Waals surface area contributed by atoms with Crippen molar-refractivity contribution in [1.82, 2.24) is 4.31 Å². The van der Waals surface area contributed by atoms with E-state index in [-0.39, 0.29) is 12.3 Å². The van der Waals surface area contributed by atoms with Gasteiger partial charge in [0.25, 0.3) is 5.91 Å². The van der Waals surface area contributed by atoms with Crippen molar-refractivity contribution in [3.8, 4) is 0 Å². The van der Waals surface area contributed by atoms with Gasteiger partial charge >= 0.3 is 10.3 Å². The first-order valence-corrected chi connectivity index (χ1v) is 6.44. The number of amides is 1. The van der Waals surface area contributed by atoms with Gasteiger partial charge in [-0.2, -0.15) is 12.7 Å². The Morgan fingerprint density at radius 3 is 2.44 bits per heavy atom. The van der Waals surface area contributed by atoms with E-state index in [1.54, 1.807) is 0 Å². The number of rotatable bonds is 2.